The number of nitrogens with zero attached hydrogens (tertiary/aromatic N) is 4. The quantitative estimate of drug-likeness (QED) is 0.319. The molecule has 0 aliphatic carbocycles. The van der Waals surface area contributed by atoms with E-state index in [1.165, 1.54) is 17.6 Å². The lowest BCUT2D eigenvalue weighted by atomic mass is 10.1. The highest BCUT2D eigenvalue weighted by Gasteiger charge is 2.36. The minimum atomic E-state index is -0.924. The summed E-state index contributed by atoms with van der Waals surface area (Å²) >= 11 is 6.59. The number of fused-ring (bicyclic) bond motifs is 1. The highest BCUT2D eigenvalue weighted by Crippen LogP contribution is 2.34. The molecule has 196 valence electrons. The van der Waals surface area contributed by atoms with E-state index in [0.717, 1.165) is 23.7 Å². The molecule has 4 heterocycles. The van der Waals surface area contributed by atoms with Crippen molar-refractivity contribution in [2.45, 2.75) is 39.7 Å². The van der Waals surface area contributed by atoms with Gasteiger partial charge in [0.05, 0.1) is 24.0 Å². The number of carbonyl (C=O) groups is 3. The Kier molecular flexibility index (Phi) is 7.98. The highest BCUT2D eigenvalue weighted by atomic mass is 32.2. The summed E-state index contributed by atoms with van der Waals surface area (Å²) in [5.74, 6) is -0.564. The van der Waals surface area contributed by atoms with Crippen LogP contribution in [0.2, 0.25) is 0 Å². The van der Waals surface area contributed by atoms with Gasteiger partial charge in [-0.05, 0) is 37.0 Å². The van der Waals surface area contributed by atoms with Gasteiger partial charge < -0.3 is 15.0 Å². The molecule has 0 unspecified atom stereocenters. The van der Waals surface area contributed by atoms with Crippen LogP contribution in [0.15, 0.2) is 28.0 Å². The van der Waals surface area contributed by atoms with Crippen LogP contribution in [0.4, 0.5) is 5.82 Å². The lowest BCUT2D eigenvalue weighted by Crippen LogP contribution is -2.57. The maximum Gasteiger partial charge on any atom is 0.308 e. The Morgan fingerprint density at radius 2 is 2.11 bits per heavy atom. The van der Waals surface area contributed by atoms with Crippen molar-refractivity contribution >= 4 is 63.6 Å². The van der Waals surface area contributed by atoms with Gasteiger partial charge in [-0.2, -0.15) is 0 Å². The number of thioether (sulfide) groups is 1. The average Bonchev–Trinajstić information content (AvgIpc) is 3.12. The van der Waals surface area contributed by atoms with Gasteiger partial charge in [-0.25, -0.2) is 4.98 Å². The largest absolute Gasteiger partial charge is 0.469 e. The maximum absolute atomic E-state index is 13.8. The molecule has 2 amide bonds. The van der Waals surface area contributed by atoms with Gasteiger partial charge in [-0.15, -0.1) is 0 Å². The van der Waals surface area contributed by atoms with E-state index in [-0.39, 0.29) is 35.2 Å². The summed E-state index contributed by atoms with van der Waals surface area (Å²) in [6, 6.07) is 2.65. The zero-order valence-corrected chi connectivity index (χ0v) is 22.8. The van der Waals surface area contributed by atoms with Crippen molar-refractivity contribution in [1.29, 1.82) is 0 Å². The van der Waals surface area contributed by atoms with E-state index in [1.54, 1.807) is 22.1 Å². The Labute approximate surface area is 224 Å². The topological polar surface area (TPSA) is 113 Å². The molecule has 37 heavy (non-hydrogen) atoms. The number of esters is 1. The number of aromatic nitrogens is 2. The molecule has 10 nitrogen and oxygen atoms in total. The van der Waals surface area contributed by atoms with Crippen molar-refractivity contribution in [3.05, 3.63) is 44.7 Å². The smallest absolute Gasteiger partial charge is 0.308 e. The van der Waals surface area contributed by atoms with E-state index in [2.05, 4.69) is 19.2 Å². The van der Waals surface area contributed by atoms with Crippen LogP contribution in [-0.4, -0.2) is 69.2 Å². The number of hydrogen-bond acceptors (Lipinski definition) is 9. The molecule has 1 atom stereocenters. The van der Waals surface area contributed by atoms with Crippen LogP contribution < -0.4 is 15.8 Å². The number of carbonyl (C=O) groups excluding carboxylic acids is 3. The summed E-state index contributed by atoms with van der Waals surface area (Å²) < 4.78 is 6.66. The minimum absolute atomic E-state index is 0.150. The summed E-state index contributed by atoms with van der Waals surface area (Å²) in [5.41, 5.74) is 0.946. The molecule has 0 spiro atoms. The van der Waals surface area contributed by atoms with Gasteiger partial charge in [0.2, 0.25) is 5.91 Å². The van der Waals surface area contributed by atoms with Crippen molar-refractivity contribution in [2.75, 3.05) is 31.6 Å². The van der Waals surface area contributed by atoms with Crippen molar-refractivity contribution in [3.8, 4) is 0 Å². The molecule has 0 saturated carbocycles. The summed E-state index contributed by atoms with van der Waals surface area (Å²) in [6.45, 7) is 7.10. The number of anilines is 1. The van der Waals surface area contributed by atoms with Crippen molar-refractivity contribution in [2.24, 2.45) is 5.92 Å². The number of aryl methyl sites for hydroxylation is 1. The van der Waals surface area contributed by atoms with E-state index in [4.69, 9.17) is 21.9 Å². The number of pyridine rings is 1. The third-order valence-electron chi connectivity index (χ3n) is 6.33. The fourth-order valence-corrected chi connectivity index (χ4v) is 5.56. The van der Waals surface area contributed by atoms with Crippen LogP contribution in [0.25, 0.3) is 11.7 Å². The van der Waals surface area contributed by atoms with Crippen LogP contribution >= 0.6 is 24.0 Å². The molecule has 2 saturated heterocycles. The van der Waals surface area contributed by atoms with E-state index in [9.17, 15) is 19.2 Å². The number of rotatable bonds is 7. The van der Waals surface area contributed by atoms with Gasteiger partial charge in [0.25, 0.3) is 11.5 Å². The zero-order valence-electron chi connectivity index (χ0n) is 21.1. The highest BCUT2D eigenvalue weighted by molar-refractivity contribution is 8.26. The number of thiocarbonyl (C=S) groups is 1. The Balaban J connectivity index is 1.87. The van der Waals surface area contributed by atoms with E-state index < -0.39 is 12.0 Å². The Morgan fingerprint density at radius 3 is 2.81 bits per heavy atom. The molecule has 0 aromatic carbocycles. The van der Waals surface area contributed by atoms with Crippen molar-refractivity contribution in [3.63, 3.8) is 0 Å². The number of amides is 2. The van der Waals surface area contributed by atoms with Crippen LogP contribution in [0, 0.1) is 12.8 Å². The minimum Gasteiger partial charge on any atom is -0.469 e. The standard InChI is InChI=1S/C25H29N5O5S2/c1-14(2)7-10-30-24(34)18(37-25(30)36)12-16-21(27-20-15(3)6-5-9-29(20)23(16)33)28-11-8-26-22(32)17(28)13-19(31)35-4/h5-6,9,12,14,17H,7-8,10-11,13H2,1-4H3,(H,26,32)/b18-12-/t17-/m1/s1. The van der Waals surface area contributed by atoms with Crippen LogP contribution in [0.3, 0.4) is 0 Å². The summed E-state index contributed by atoms with van der Waals surface area (Å²) in [6.07, 6.45) is 3.70. The van der Waals surface area contributed by atoms with Gasteiger partial charge in [0, 0.05) is 25.8 Å². The molecular weight excluding hydrogens is 514 g/mol. The van der Waals surface area contributed by atoms with Crippen LogP contribution in [0.5, 0.6) is 0 Å². The second-order valence-corrected chi connectivity index (χ2v) is 11.0. The second-order valence-electron chi connectivity index (χ2n) is 9.34. The molecule has 2 aromatic rings. The number of methoxy groups -OCH3 is 1. The Hall–Kier alpha value is -3.25. The summed E-state index contributed by atoms with van der Waals surface area (Å²) in [5, 5.41) is 2.76. The maximum atomic E-state index is 13.8. The predicted octanol–water partition coefficient (Wildman–Crippen LogP) is 2.12. The van der Waals surface area contributed by atoms with Crippen LogP contribution in [-0.2, 0) is 19.1 Å². The molecule has 2 aliphatic rings. The Bertz CT molecular complexity index is 1370. The molecule has 2 fully saturated rings. The molecule has 0 bridgehead atoms. The van der Waals surface area contributed by atoms with Gasteiger partial charge in [0.1, 0.15) is 21.8 Å². The third-order valence-corrected chi connectivity index (χ3v) is 7.71. The molecule has 4 rings (SSSR count). The monoisotopic (exact) mass is 543 g/mol. The first-order valence-corrected chi connectivity index (χ1v) is 13.2. The average molecular weight is 544 g/mol. The first-order chi connectivity index (χ1) is 17.6. The molecule has 2 aromatic heterocycles. The third kappa shape index (κ3) is 5.40. The number of hydrogen-bond donors (Lipinski definition) is 1. The lowest BCUT2D eigenvalue weighted by molar-refractivity contribution is -0.143. The normalized spacial score (nSPS) is 19.3. The first kappa shape index (κ1) is 26.8. The van der Waals surface area contributed by atoms with Gasteiger partial charge in [-0.3, -0.25) is 28.5 Å². The van der Waals surface area contributed by atoms with Crippen molar-refractivity contribution in [1.82, 2.24) is 19.6 Å². The Morgan fingerprint density at radius 1 is 1.35 bits per heavy atom. The second kappa shape index (κ2) is 11.0. The van der Waals surface area contributed by atoms with E-state index in [1.807, 2.05) is 13.0 Å². The van der Waals surface area contributed by atoms with Gasteiger partial charge >= 0.3 is 5.97 Å². The van der Waals surface area contributed by atoms with E-state index >= 15 is 0 Å². The molecule has 12 heteroatoms. The zero-order chi connectivity index (χ0) is 26.9. The van der Waals surface area contributed by atoms with Crippen LogP contribution in [0.1, 0.15) is 37.8 Å². The lowest BCUT2D eigenvalue weighted by Gasteiger charge is -2.36. The fourth-order valence-electron chi connectivity index (χ4n) is 4.27. The van der Waals surface area contributed by atoms with Gasteiger partial charge in [-0.1, -0.05) is 43.9 Å². The molecule has 0 radical (unpaired) electrons. The summed E-state index contributed by atoms with van der Waals surface area (Å²) in [4.78, 5) is 60.2. The fraction of sp³-hybridized carbons (Fsp3) is 0.440. The number of ether oxygens (including phenoxy) is 1. The molecular formula is C25H29N5O5S2. The van der Waals surface area contributed by atoms with Crippen molar-refractivity contribution < 1.29 is 19.1 Å². The molecule has 2 aliphatic heterocycles. The van der Waals surface area contributed by atoms with E-state index in [0.29, 0.717) is 40.4 Å². The SMILES string of the molecule is COC(=O)C[C@@H]1C(=O)NCCN1c1nc2c(C)cccn2c(=O)c1/C=C1\SC(=S)N(CCC(C)C)C1=O. The molecule has 1 N–H and O–H groups in total. The predicted molar refractivity (Wildman–Crippen MR) is 146 cm³/mol. The first-order valence-electron chi connectivity index (χ1n) is 12.0. The van der Waals surface area contributed by atoms with Gasteiger partial charge in [0.15, 0.2) is 0 Å². The summed E-state index contributed by atoms with van der Waals surface area (Å²) in [7, 11) is 1.25. The number of nitrogens with one attached hydrogen (secondary N) is 1. The number of piperazine rings is 1.